The Bertz CT molecular complexity index is 437. The Labute approximate surface area is 105 Å². The largest absolute Gasteiger partial charge is 0.505 e. The number of para-hydroxylation sites is 1. The van der Waals surface area contributed by atoms with Crippen LogP contribution in [0.3, 0.4) is 0 Å². The summed E-state index contributed by atoms with van der Waals surface area (Å²) < 4.78 is 13.1. The minimum atomic E-state index is -0.639. The van der Waals surface area contributed by atoms with Crippen molar-refractivity contribution >= 4 is 5.91 Å². The van der Waals surface area contributed by atoms with Gasteiger partial charge in [-0.25, -0.2) is 4.39 Å². The third-order valence-electron chi connectivity index (χ3n) is 3.14. The van der Waals surface area contributed by atoms with E-state index in [1.54, 1.807) is 12.1 Å². The highest BCUT2D eigenvalue weighted by Gasteiger charge is 2.20. The van der Waals surface area contributed by atoms with Gasteiger partial charge in [0.15, 0.2) is 11.6 Å². The summed E-state index contributed by atoms with van der Waals surface area (Å²) in [5.74, 6) is -1.01. The second-order valence-electron chi connectivity index (χ2n) is 4.47. The average molecular weight is 252 g/mol. The number of hydrogen-bond acceptors (Lipinski definition) is 3. The molecule has 1 unspecified atom stereocenters. The Morgan fingerprint density at radius 1 is 1.44 bits per heavy atom. The number of amides is 1. The topological polar surface area (TPSA) is 61.4 Å². The number of rotatable bonds is 3. The molecule has 5 heteroatoms. The normalized spacial score (nSPS) is 20.3. The molecule has 1 atom stereocenters. The van der Waals surface area contributed by atoms with Crippen LogP contribution in [0, 0.1) is 5.82 Å². The van der Waals surface area contributed by atoms with Crippen molar-refractivity contribution in [2.45, 2.75) is 31.8 Å². The molecule has 0 saturated carbocycles. The Hall–Kier alpha value is -1.62. The maximum atomic E-state index is 13.1. The van der Waals surface area contributed by atoms with Crippen LogP contribution in [-0.4, -0.2) is 23.6 Å². The van der Waals surface area contributed by atoms with Gasteiger partial charge in [-0.3, -0.25) is 4.79 Å². The van der Waals surface area contributed by atoms with Gasteiger partial charge in [-0.05, 0) is 25.3 Å². The lowest BCUT2D eigenvalue weighted by Gasteiger charge is -2.15. The molecule has 0 spiro atoms. The monoisotopic (exact) mass is 252 g/mol. The predicted octanol–water partition coefficient (Wildman–Crippen LogP) is 1.29. The van der Waals surface area contributed by atoms with Gasteiger partial charge in [-0.1, -0.05) is 12.1 Å². The highest BCUT2D eigenvalue weighted by Crippen LogP contribution is 2.20. The molecule has 1 aromatic rings. The lowest BCUT2D eigenvalue weighted by Crippen LogP contribution is -2.42. The van der Waals surface area contributed by atoms with E-state index in [0.29, 0.717) is 12.1 Å². The summed E-state index contributed by atoms with van der Waals surface area (Å²) in [5.41, 5.74) is 0.465. The Balaban J connectivity index is 1.98. The van der Waals surface area contributed by atoms with E-state index in [0.717, 1.165) is 19.3 Å². The smallest absolute Gasteiger partial charge is 0.237 e. The zero-order valence-electron chi connectivity index (χ0n) is 10.1. The second kappa shape index (κ2) is 5.82. The van der Waals surface area contributed by atoms with Crippen LogP contribution in [0.5, 0.6) is 5.75 Å². The number of hydrogen-bond donors (Lipinski definition) is 3. The van der Waals surface area contributed by atoms with Gasteiger partial charge in [0, 0.05) is 18.7 Å². The number of carbonyl (C=O) groups is 1. The number of aromatic hydroxyl groups is 1. The molecule has 0 aromatic heterocycles. The number of halogens is 1. The molecule has 0 bridgehead atoms. The molecule has 0 aliphatic carbocycles. The molecule has 1 saturated heterocycles. The molecule has 4 nitrogen and oxygen atoms in total. The van der Waals surface area contributed by atoms with Crippen LogP contribution >= 0.6 is 0 Å². The summed E-state index contributed by atoms with van der Waals surface area (Å²) in [6.07, 6.45) is 2.72. The van der Waals surface area contributed by atoms with E-state index < -0.39 is 5.82 Å². The first-order valence-electron chi connectivity index (χ1n) is 6.16. The van der Waals surface area contributed by atoms with E-state index >= 15 is 0 Å². The Morgan fingerprint density at radius 2 is 2.28 bits per heavy atom. The Morgan fingerprint density at radius 3 is 3.11 bits per heavy atom. The molecule has 1 fully saturated rings. The molecule has 18 heavy (non-hydrogen) atoms. The molecular weight excluding hydrogens is 235 g/mol. The molecule has 1 amide bonds. The summed E-state index contributed by atoms with van der Waals surface area (Å²) >= 11 is 0. The minimum Gasteiger partial charge on any atom is -0.505 e. The van der Waals surface area contributed by atoms with Gasteiger partial charge < -0.3 is 15.7 Å². The number of phenols is 1. The van der Waals surface area contributed by atoms with Crippen LogP contribution in [0.25, 0.3) is 0 Å². The van der Waals surface area contributed by atoms with Gasteiger partial charge in [0.25, 0.3) is 0 Å². The van der Waals surface area contributed by atoms with Gasteiger partial charge in [-0.15, -0.1) is 0 Å². The first kappa shape index (κ1) is 12.8. The van der Waals surface area contributed by atoms with Gasteiger partial charge in [-0.2, -0.15) is 0 Å². The highest BCUT2D eigenvalue weighted by molar-refractivity contribution is 5.81. The summed E-state index contributed by atoms with van der Waals surface area (Å²) in [6.45, 7) is 0.990. The lowest BCUT2D eigenvalue weighted by atomic mass is 10.1. The van der Waals surface area contributed by atoms with Crippen molar-refractivity contribution in [2.75, 3.05) is 6.54 Å². The third-order valence-corrected chi connectivity index (χ3v) is 3.14. The lowest BCUT2D eigenvalue weighted by molar-refractivity contribution is -0.122. The third kappa shape index (κ3) is 2.98. The average Bonchev–Trinajstić information content (AvgIpc) is 2.56. The molecule has 1 heterocycles. The molecular formula is C13H17FN2O2. The molecule has 3 N–H and O–H groups in total. The fourth-order valence-electron chi connectivity index (χ4n) is 2.07. The summed E-state index contributed by atoms with van der Waals surface area (Å²) in [6, 6.07) is 4.12. The fraction of sp³-hybridized carbons (Fsp3) is 0.462. The van der Waals surface area contributed by atoms with Crippen molar-refractivity contribution in [3.8, 4) is 5.75 Å². The van der Waals surface area contributed by atoms with E-state index in [9.17, 15) is 14.3 Å². The van der Waals surface area contributed by atoms with Gasteiger partial charge in [0.1, 0.15) is 0 Å². The van der Waals surface area contributed by atoms with Gasteiger partial charge in [0.05, 0.1) is 6.04 Å². The molecule has 98 valence electrons. The standard InChI is InChI=1S/C13H17FN2O2/c14-10-5-3-4-9(12(10)17)8-16-11-6-1-2-7-15-13(11)18/h3-5,11,16-17H,1-2,6-8H2,(H,15,18). The maximum absolute atomic E-state index is 13.1. The highest BCUT2D eigenvalue weighted by atomic mass is 19.1. The van der Waals surface area contributed by atoms with Crippen molar-refractivity contribution in [3.05, 3.63) is 29.6 Å². The number of carbonyl (C=O) groups excluding carboxylic acids is 1. The van der Waals surface area contributed by atoms with E-state index in [1.165, 1.54) is 6.07 Å². The zero-order valence-corrected chi connectivity index (χ0v) is 10.1. The number of benzene rings is 1. The van der Waals surface area contributed by atoms with Gasteiger partial charge in [0.2, 0.25) is 5.91 Å². The second-order valence-corrected chi connectivity index (χ2v) is 4.47. The van der Waals surface area contributed by atoms with Gasteiger partial charge >= 0.3 is 0 Å². The Kier molecular flexibility index (Phi) is 4.15. The maximum Gasteiger partial charge on any atom is 0.237 e. The van der Waals surface area contributed by atoms with Crippen molar-refractivity contribution < 1.29 is 14.3 Å². The first-order chi connectivity index (χ1) is 8.68. The van der Waals surface area contributed by atoms with Crippen LogP contribution in [0.1, 0.15) is 24.8 Å². The van der Waals surface area contributed by atoms with Crippen LogP contribution in [0.2, 0.25) is 0 Å². The SMILES string of the molecule is O=C1NCCCCC1NCc1cccc(F)c1O. The van der Waals surface area contributed by atoms with Crippen molar-refractivity contribution in [1.29, 1.82) is 0 Å². The minimum absolute atomic E-state index is 0.0246. The van der Waals surface area contributed by atoms with Crippen molar-refractivity contribution in [1.82, 2.24) is 10.6 Å². The summed E-state index contributed by atoms with van der Waals surface area (Å²) in [4.78, 5) is 11.7. The van der Waals surface area contributed by atoms with Crippen LogP contribution in [-0.2, 0) is 11.3 Å². The predicted molar refractivity (Wildman–Crippen MR) is 65.6 cm³/mol. The summed E-state index contributed by atoms with van der Waals surface area (Å²) in [5, 5.41) is 15.4. The van der Waals surface area contributed by atoms with E-state index in [1.807, 2.05) is 0 Å². The quantitative estimate of drug-likeness (QED) is 0.759. The molecule has 1 aliphatic rings. The number of phenolic OH excluding ortho intramolecular Hbond substituents is 1. The number of nitrogens with one attached hydrogen (secondary N) is 2. The van der Waals surface area contributed by atoms with Crippen LogP contribution in [0.4, 0.5) is 4.39 Å². The van der Waals surface area contributed by atoms with E-state index in [2.05, 4.69) is 10.6 Å². The molecule has 1 aliphatic heterocycles. The molecule has 1 aromatic carbocycles. The molecule has 2 rings (SSSR count). The van der Waals surface area contributed by atoms with Crippen molar-refractivity contribution in [3.63, 3.8) is 0 Å². The van der Waals surface area contributed by atoms with Crippen LogP contribution in [0.15, 0.2) is 18.2 Å². The zero-order chi connectivity index (χ0) is 13.0. The van der Waals surface area contributed by atoms with Crippen molar-refractivity contribution in [2.24, 2.45) is 0 Å². The first-order valence-corrected chi connectivity index (χ1v) is 6.16. The van der Waals surface area contributed by atoms with Crippen LogP contribution < -0.4 is 10.6 Å². The fourth-order valence-corrected chi connectivity index (χ4v) is 2.07. The van der Waals surface area contributed by atoms with E-state index in [-0.39, 0.29) is 24.2 Å². The van der Waals surface area contributed by atoms with E-state index in [4.69, 9.17) is 0 Å². The molecule has 0 radical (unpaired) electrons. The summed E-state index contributed by atoms with van der Waals surface area (Å²) in [7, 11) is 0.